The first-order valence-electron chi connectivity index (χ1n) is 7.93. The third-order valence-electron chi connectivity index (χ3n) is 5.03. The zero-order valence-electron chi connectivity index (χ0n) is 12.2. The summed E-state index contributed by atoms with van der Waals surface area (Å²) in [4.78, 5) is 19.3. The highest BCUT2D eigenvalue weighted by atomic mass is 16.2. The Labute approximate surface area is 116 Å². The van der Waals surface area contributed by atoms with Gasteiger partial charge in [-0.2, -0.15) is 0 Å². The van der Waals surface area contributed by atoms with Crippen LogP contribution in [-0.4, -0.2) is 73.0 Å². The number of piperazine rings is 1. The third kappa shape index (κ3) is 3.48. The zero-order valence-corrected chi connectivity index (χ0v) is 12.2. The number of nitrogens with zero attached hydrogens (tertiary/aromatic N) is 3. The van der Waals surface area contributed by atoms with Crippen molar-refractivity contribution in [2.75, 3.05) is 46.3 Å². The summed E-state index contributed by atoms with van der Waals surface area (Å²) in [6, 6.07) is 0.897. The monoisotopic (exact) mass is 265 g/mol. The van der Waals surface area contributed by atoms with Crippen molar-refractivity contribution in [2.45, 2.75) is 38.1 Å². The molecule has 0 aromatic heterocycles. The molecule has 1 saturated carbocycles. The predicted molar refractivity (Wildman–Crippen MR) is 76.0 cm³/mol. The summed E-state index contributed by atoms with van der Waals surface area (Å²) in [7, 11) is 2.13. The lowest BCUT2D eigenvalue weighted by Gasteiger charge is -2.35. The van der Waals surface area contributed by atoms with E-state index >= 15 is 0 Å². The minimum absolute atomic E-state index is 0.401. The van der Waals surface area contributed by atoms with E-state index in [1.807, 2.05) is 0 Å². The minimum Gasteiger partial charge on any atom is -0.340 e. The van der Waals surface area contributed by atoms with Crippen molar-refractivity contribution in [1.82, 2.24) is 14.7 Å². The molecule has 0 aromatic rings. The highest BCUT2D eigenvalue weighted by molar-refractivity contribution is 5.76. The molecule has 3 aliphatic rings. The summed E-state index contributed by atoms with van der Waals surface area (Å²) < 4.78 is 0. The van der Waals surface area contributed by atoms with Gasteiger partial charge in [0.15, 0.2) is 0 Å². The Morgan fingerprint density at radius 1 is 0.947 bits per heavy atom. The minimum atomic E-state index is 0.401. The Morgan fingerprint density at radius 2 is 1.58 bits per heavy atom. The predicted octanol–water partition coefficient (Wildman–Crippen LogP) is 1.02. The van der Waals surface area contributed by atoms with Gasteiger partial charge in [0.1, 0.15) is 0 Å². The molecule has 0 spiro atoms. The van der Waals surface area contributed by atoms with Crippen LogP contribution in [0.4, 0.5) is 0 Å². The highest BCUT2D eigenvalue weighted by Gasteiger charge is 2.32. The Kier molecular flexibility index (Phi) is 4.08. The molecule has 3 fully saturated rings. The number of carbonyl (C=O) groups is 1. The van der Waals surface area contributed by atoms with E-state index < -0.39 is 0 Å². The molecule has 0 radical (unpaired) electrons. The molecule has 2 heterocycles. The van der Waals surface area contributed by atoms with Crippen LogP contribution < -0.4 is 0 Å². The fraction of sp³-hybridized carbons (Fsp3) is 0.933. The van der Waals surface area contributed by atoms with Gasteiger partial charge in [-0.3, -0.25) is 4.79 Å². The second kappa shape index (κ2) is 5.80. The first kappa shape index (κ1) is 13.4. The Bertz CT molecular complexity index is 313. The summed E-state index contributed by atoms with van der Waals surface area (Å²) in [5, 5.41) is 0. The van der Waals surface area contributed by atoms with Crippen LogP contribution in [0.15, 0.2) is 0 Å². The van der Waals surface area contributed by atoms with Gasteiger partial charge in [-0.1, -0.05) is 0 Å². The molecule has 0 N–H and O–H groups in total. The van der Waals surface area contributed by atoms with Gasteiger partial charge < -0.3 is 14.7 Å². The number of rotatable bonds is 3. The van der Waals surface area contributed by atoms with Crippen molar-refractivity contribution in [3.05, 3.63) is 0 Å². The number of amides is 1. The summed E-state index contributed by atoms with van der Waals surface area (Å²) >= 11 is 0. The maximum Gasteiger partial charge on any atom is 0.222 e. The number of hydrogen-bond donors (Lipinski definition) is 0. The molecule has 3 rings (SSSR count). The standard InChI is InChI=1S/C15H27N3O/c1-16-8-10-18(11-9-16)15(19)12-13-4-6-17(7-5-13)14-2-3-14/h13-14H,2-12H2,1H3. The van der Waals surface area contributed by atoms with Crippen molar-refractivity contribution in [3.8, 4) is 0 Å². The van der Waals surface area contributed by atoms with E-state index in [2.05, 4.69) is 21.7 Å². The quantitative estimate of drug-likeness (QED) is 0.762. The van der Waals surface area contributed by atoms with Crippen LogP contribution in [-0.2, 0) is 4.79 Å². The van der Waals surface area contributed by atoms with Crippen LogP contribution in [0.3, 0.4) is 0 Å². The molecule has 2 saturated heterocycles. The first-order valence-corrected chi connectivity index (χ1v) is 7.93. The Balaban J connectivity index is 1.40. The van der Waals surface area contributed by atoms with E-state index in [-0.39, 0.29) is 0 Å². The van der Waals surface area contributed by atoms with E-state index in [4.69, 9.17) is 0 Å². The molecule has 108 valence electrons. The molecular formula is C15H27N3O. The largest absolute Gasteiger partial charge is 0.340 e. The number of piperidine rings is 1. The van der Waals surface area contributed by atoms with E-state index in [1.165, 1.54) is 38.8 Å². The third-order valence-corrected chi connectivity index (χ3v) is 5.03. The molecule has 1 aliphatic carbocycles. The molecule has 2 aliphatic heterocycles. The average Bonchev–Trinajstić information content (AvgIpc) is 3.25. The van der Waals surface area contributed by atoms with Crippen LogP contribution in [0.2, 0.25) is 0 Å². The summed E-state index contributed by atoms with van der Waals surface area (Å²) in [6.45, 7) is 6.38. The van der Waals surface area contributed by atoms with Crippen LogP contribution in [0.25, 0.3) is 0 Å². The number of carbonyl (C=O) groups excluding carboxylic acids is 1. The van der Waals surface area contributed by atoms with Gasteiger partial charge in [0.2, 0.25) is 5.91 Å². The molecular weight excluding hydrogens is 238 g/mol. The smallest absolute Gasteiger partial charge is 0.222 e. The summed E-state index contributed by atoms with van der Waals surface area (Å²) in [5.74, 6) is 1.04. The van der Waals surface area contributed by atoms with E-state index in [0.29, 0.717) is 11.8 Å². The number of likely N-dealkylation sites (N-methyl/N-ethyl adjacent to an activating group) is 1. The molecule has 1 amide bonds. The molecule has 4 heteroatoms. The van der Waals surface area contributed by atoms with E-state index in [9.17, 15) is 4.79 Å². The van der Waals surface area contributed by atoms with E-state index in [0.717, 1.165) is 38.6 Å². The van der Waals surface area contributed by atoms with Crippen molar-refractivity contribution >= 4 is 5.91 Å². The van der Waals surface area contributed by atoms with Crippen LogP contribution >= 0.6 is 0 Å². The zero-order chi connectivity index (χ0) is 13.2. The highest BCUT2D eigenvalue weighted by Crippen LogP contribution is 2.31. The van der Waals surface area contributed by atoms with Gasteiger partial charge >= 0.3 is 0 Å². The lowest BCUT2D eigenvalue weighted by atomic mass is 9.92. The van der Waals surface area contributed by atoms with Crippen molar-refractivity contribution in [2.24, 2.45) is 5.92 Å². The Morgan fingerprint density at radius 3 is 2.16 bits per heavy atom. The van der Waals surface area contributed by atoms with Crippen molar-refractivity contribution in [3.63, 3.8) is 0 Å². The molecule has 19 heavy (non-hydrogen) atoms. The van der Waals surface area contributed by atoms with E-state index in [1.54, 1.807) is 0 Å². The second-order valence-corrected chi connectivity index (χ2v) is 6.60. The van der Waals surface area contributed by atoms with Crippen LogP contribution in [0.1, 0.15) is 32.1 Å². The van der Waals surface area contributed by atoms with Crippen LogP contribution in [0.5, 0.6) is 0 Å². The van der Waals surface area contributed by atoms with Gasteiger partial charge in [0.05, 0.1) is 0 Å². The Hall–Kier alpha value is -0.610. The van der Waals surface area contributed by atoms with Gasteiger partial charge in [-0.25, -0.2) is 0 Å². The SMILES string of the molecule is CN1CCN(C(=O)CC2CCN(C3CC3)CC2)CC1. The topological polar surface area (TPSA) is 26.8 Å². The average molecular weight is 265 g/mol. The molecule has 0 unspecified atom stereocenters. The maximum atomic E-state index is 12.3. The fourth-order valence-corrected chi connectivity index (χ4v) is 3.39. The summed E-state index contributed by atoms with van der Waals surface area (Å²) in [5.41, 5.74) is 0. The lowest BCUT2D eigenvalue weighted by Crippen LogP contribution is -2.47. The van der Waals surface area contributed by atoms with Gasteiger partial charge in [0.25, 0.3) is 0 Å². The number of likely N-dealkylation sites (tertiary alicyclic amines) is 1. The molecule has 0 bridgehead atoms. The fourth-order valence-electron chi connectivity index (χ4n) is 3.39. The first-order chi connectivity index (χ1) is 9.22. The lowest BCUT2D eigenvalue weighted by molar-refractivity contribution is -0.134. The van der Waals surface area contributed by atoms with Gasteiger partial charge in [-0.15, -0.1) is 0 Å². The molecule has 0 aromatic carbocycles. The van der Waals surface area contributed by atoms with Crippen molar-refractivity contribution < 1.29 is 4.79 Å². The maximum absolute atomic E-state index is 12.3. The molecule has 4 nitrogen and oxygen atoms in total. The van der Waals surface area contributed by atoms with Gasteiger partial charge in [0, 0.05) is 38.6 Å². The number of hydrogen-bond acceptors (Lipinski definition) is 3. The second-order valence-electron chi connectivity index (χ2n) is 6.60. The summed E-state index contributed by atoms with van der Waals surface area (Å²) in [6.07, 6.45) is 6.07. The van der Waals surface area contributed by atoms with Crippen molar-refractivity contribution in [1.29, 1.82) is 0 Å². The van der Waals surface area contributed by atoms with Gasteiger partial charge in [-0.05, 0) is 51.7 Å². The molecule has 0 atom stereocenters. The van der Waals surface area contributed by atoms with Crippen LogP contribution in [0, 0.1) is 5.92 Å². The normalized spacial score (nSPS) is 27.7.